The minimum Gasteiger partial charge on any atom is -0.334 e. The summed E-state index contributed by atoms with van der Waals surface area (Å²) in [4.78, 5) is 14.5. The standard InChI is InChI=1S/C18H24N2O3S/c1-24(22,23)13-5-11-19-17(21)20-12-10-18(8-9-18)14-16(20)15-6-3-2-4-7-15/h2-7,13,16H,8-12,14H2,1H3,(H,19,21). The zero-order chi connectivity index (χ0) is 17.2. The lowest BCUT2D eigenvalue weighted by atomic mass is 9.85. The van der Waals surface area contributed by atoms with E-state index in [0.717, 1.165) is 31.1 Å². The number of likely N-dealkylation sites (tertiary alicyclic amines) is 1. The highest BCUT2D eigenvalue weighted by molar-refractivity contribution is 7.93. The smallest absolute Gasteiger partial charge is 0.318 e. The van der Waals surface area contributed by atoms with Crippen molar-refractivity contribution in [1.82, 2.24) is 10.2 Å². The summed E-state index contributed by atoms with van der Waals surface area (Å²) in [5.41, 5.74) is 1.61. The zero-order valence-electron chi connectivity index (χ0n) is 13.9. The number of nitrogens with one attached hydrogen (secondary N) is 1. The van der Waals surface area contributed by atoms with Crippen molar-refractivity contribution in [3.05, 3.63) is 47.4 Å². The second kappa shape index (κ2) is 6.59. The number of carbonyl (C=O) groups excluding carboxylic acids is 1. The highest BCUT2D eigenvalue weighted by atomic mass is 32.2. The molecular weight excluding hydrogens is 324 g/mol. The minimum absolute atomic E-state index is 0.0985. The molecule has 1 aromatic carbocycles. The predicted molar refractivity (Wildman–Crippen MR) is 94.2 cm³/mol. The Bertz CT molecular complexity index is 724. The number of piperidine rings is 1. The molecule has 6 heteroatoms. The molecule has 1 aliphatic carbocycles. The summed E-state index contributed by atoms with van der Waals surface area (Å²) in [5.74, 6) is 0. The second-order valence-electron chi connectivity index (χ2n) is 6.96. The molecule has 1 saturated heterocycles. The van der Waals surface area contributed by atoms with E-state index in [0.29, 0.717) is 5.41 Å². The fourth-order valence-electron chi connectivity index (χ4n) is 3.45. The Morgan fingerprint density at radius 1 is 1.29 bits per heavy atom. The van der Waals surface area contributed by atoms with Gasteiger partial charge >= 0.3 is 6.03 Å². The molecule has 1 heterocycles. The molecule has 2 amide bonds. The fraction of sp³-hybridized carbons (Fsp3) is 0.500. The molecule has 1 saturated carbocycles. The SMILES string of the molecule is CS(=O)(=O)C=CCNC(=O)N1CCC2(CC2)CC1c1ccccc1. The highest BCUT2D eigenvalue weighted by Crippen LogP contribution is 2.58. The molecule has 5 nitrogen and oxygen atoms in total. The molecule has 0 bridgehead atoms. The third kappa shape index (κ3) is 4.17. The van der Waals surface area contributed by atoms with Crippen molar-refractivity contribution < 1.29 is 13.2 Å². The van der Waals surface area contributed by atoms with Crippen LogP contribution in [0.3, 0.4) is 0 Å². The lowest BCUT2D eigenvalue weighted by Crippen LogP contribution is -2.46. The summed E-state index contributed by atoms with van der Waals surface area (Å²) in [6.45, 7) is 0.968. The summed E-state index contributed by atoms with van der Waals surface area (Å²) in [7, 11) is -3.15. The number of amides is 2. The van der Waals surface area contributed by atoms with Gasteiger partial charge in [0.15, 0.2) is 9.84 Å². The number of nitrogens with zero attached hydrogens (tertiary/aromatic N) is 1. The van der Waals surface area contributed by atoms with Gasteiger partial charge in [0.25, 0.3) is 0 Å². The lowest BCUT2D eigenvalue weighted by molar-refractivity contribution is 0.120. The number of hydrogen-bond donors (Lipinski definition) is 1. The molecule has 1 aromatic rings. The van der Waals surface area contributed by atoms with E-state index in [1.165, 1.54) is 24.5 Å². The molecule has 1 spiro atoms. The monoisotopic (exact) mass is 348 g/mol. The van der Waals surface area contributed by atoms with Crippen molar-refractivity contribution >= 4 is 15.9 Å². The average molecular weight is 348 g/mol. The van der Waals surface area contributed by atoms with Crippen LogP contribution in [0.5, 0.6) is 0 Å². The summed E-state index contributed by atoms with van der Waals surface area (Å²) >= 11 is 0. The molecule has 0 radical (unpaired) electrons. The van der Waals surface area contributed by atoms with Crippen LogP contribution in [-0.2, 0) is 9.84 Å². The van der Waals surface area contributed by atoms with Crippen molar-refractivity contribution in [3.8, 4) is 0 Å². The van der Waals surface area contributed by atoms with E-state index in [4.69, 9.17) is 0 Å². The molecule has 1 atom stereocenters. The van der Waals surface area contributed by atoms with Gasteiger partial charge in [-0.25, -0.2) is 13.2 Å². The van der Waals surface area contributed by atoms with Crippen molar-refractivity contribution in [3.63, 3.8) is 0 Å². The molecule has 1 N–H and O–H groups in total. The van der Waals surface area contributed by atoms with Crippen LogP contribution in [0.2, 0.25) is 0 Å². The highest BCUT2D eigenvalue weighted by Gasteiger charge is 2.49. The number of carbonyl (C=O) groups is 1. The van der Waals surface area contributed by atoms with Gasteiger partial charge in [-0.2, -0.15) is 0 Å². The number of hydrogen-bond acceptors (Lipinski definition) is 3. The van der Waals surface area contributed by atoms with Gasteiger partial charge in [-0.15, -0.1) is 0 Å². The van der Waals surface area contributed by atoms with Gasteiger partial charge in [0.1, 0.15) is 0 Å². The van der Waals surface area contributed by atoms with Crippen LogP contribution in [0.4, 0.5) is 4.79 Å². The largest absolute Gasteiger partial charge is 0.334 e. The second-order valence-corrected chi connectivity index (χ2v) is 8.89. The van der Waals surface area contributed by atoms with Crippen molar-refractivity contribution in [2.45, 2.75) is 31.7 Å². The molecule has 24 heavy (non-hydrogen) atoms. The number of sulfone groups is 1. The zero-order valence-corrected chi connectivity index (χ0v) is 14.8. The summed E-state index contributed by atoms with van der Waals surface area (Å²) < 4.78 is 22.2. The topological polar surface area (TPSA) is 66.5 Å². The minimum atomic E-state index is -3.15. The van der Waals surface area contributed by atoms with Gasteiger partial charge in [-0.05, 0) is 36.7 Å². The van der Waals surface area contributed by atoms with Gasteiger partial charge in [-0.1, -0.05) is 36.4 Å². The van der Waals surface area contributed by atoms with Gasteiger partial charge in [0.2, 0.25) is 0 Å². The molecule has 3 rings (SSSR count). The van der Waals surface area contributed by atoms with E-state index in [-0.39, 0.29) is 18.6 Å². The van der Waals surface area contributed by atoms with Crippen molar-refractivity contribution in [2.24, 2.45) is 5.41 Å². The first-order valence-corrected chi connectivity index (χ1v) is 10.3. The maximum absolute atomic E-state index is 12.6. The van der Waals surface area contributed by atoms with Crippen LogP contribution < -0.4 is 5.32 Å². The Morgan fingerprint density at radius 2 is 2.00 bits per heavy atom. The quantitative estimate of drug-likeness (QED) is 0.910. The Hall–Kier alpha value is -1.82. The Kier molecular flexibility index (Phi) is 4.67. The normalized spacial score (nSPS) is 22.7. The molecule has 1 aliphatic heterocycles. The number of rotatable bonds is 4. The van der Waals surface area contributed by atoms with Gasteiger partial charge in [0, 0.05) is 24.8 Å². The first kappa shape index (κ1) is 17.0. The van der Waals surface area contributed by atoms with Crippen LogP contribution >= 0.6 is 0 Å². The molecule has 130 valence electrons. The summed E-state index contributed by atoms with van der Waals surface area (Å²) in [6.07, 6.45) is 7.21. The Labute approximate surface area is 143 Å². The summed E-state index contributed by atoms with van der Waals surface area (Å²) in [6, 6.07) is 10.1. The Balaban J connectivity index is 1.68. The van der Waals surface area contributed by atoms with Gasteiger partial charge in [-0.3, -0.25) is 0 Å². The molecule has 2 aliphatic rings. The molecular formula is C18H24N2O3S. The number of urea groups is 1. The van der Waals surface area contributed by atoms with E-state index in [2.05, 4.69) is 17.4 Å². The number of benzene rings is 1. The first-order valence-electron chi connectivity index (χ1n) is 8.35. The predicted octanol–water partition coefficient (Wildman–Crippen LogP) is 2.87. The molecule has 2 fully saturated rings. The van der Waals surface area contributed by atoms with Crippen LogP contribution in [0.1, 0.15) is 37.3 Å². The molecule has 0 aromatic heterocycles. The third-order valence-corrected chi connectivity index (χ3v) is 5.69. The third-order valence-electron chi connectivity index (χ3n) is 5.00. The lowest BCUT2D eigenvalue weighted by Gasteiger charge is -2.40. The van der Waals surface area contributed by atoms with Crippen LogP contribution in [-0.4, -0.2) is 38.7 Å². The van der Waals surface area contributed by atoms with Crippen molar-refractivity contribution in [2.75, 3.05) is 19.3 Å². The van der Waals surface area contributed by atoms with E-state index in [1.54, 1.807) is 0 Å². The maximum atomic E-state index is 12.6. The van der Waals surface area contributed by atoms with Crippen LogP contribution in [0.25, 0.3) is 0 Å². The van der Waals surface area contributed by atoms with E-state index in [9.17, 15) is 13.2 Å². The van der Waals surface area contributed by atoms with Gasteiger partial charge in [0.05, 0.1) is 6.04 Å². The maximum Gasteiger partial charge on any atom is 0.318 e. The van der Waals surface area contributed by atoms with Gasteiger partial charge < -0.3 is 10.2 Å². The summed E-state index contributed by atoms with van der Waals surface area (Å²) in [5, 5.41) is 3.93. The van der Waals surface area contributed by atoms with Crippen molar-refractivity contribution in [1.29, 1.82) is 0 Å². The van der Waals surface area contributed by atoms with E-state index in [1.807, 2.05) is 23.1 Å². The molecule has 1 unspecified atom stereocenters. The first-order chi connectivity index (χ1) is 11.4. The fourth-order valence-corrected chi connectivity index (χ4v) is 3.90. The van der Waals surface area contributed by atoms with Crippen LogP contribution in [0.15, 0.2) is 41.8 Å². The van der Waals surface area contributed by atoms with E-state index >= 15 is 0 Å². The Morgan fingerprint density at radius 3 is 2.62 bits per heavy atom. The van der Waals surface area contributed by atoms with E-state index < -0.39 is 9.84 Å². The van der Waals surface area contributed by atoms with Crippen LogP contribution in [0, 0.1) is 5.41 Å². The average Bonchev–Trinajstić information content (AvgIpc) is 3.30.